The molecule has 2 N–H and O–H groups in total. The molecule has 2 amide bonds. The van der Waals surface area contributed by atoms with Crippen LogP contribution in [0.3, 0.4) is 0 Å². The molecule has 0 aliphatic carbocycles. The Bertz CT molecular complexity index is 460. The second-order valence-electron chi connectivity index (χ2n) is 4.20. The lowest BCUT2D eigenvalue weighted by atomic mass is 10.2. The molecule has 1 aromatic rings. The van der Waals surface area contributed by atoms with E-state index < -0.39 is 11.8 Å². The molecule has 4 nitrogen and oxygen atoms in total. The smallest absolute Gasteiger partial charge is 0.313 e. The van der Waals surface area contributed by atoms with Gasteiger partial charge >= 0.3 is 11.8 Å². The standard InChI is InChI=1S/C13H17ClN2O2/c1-4-9(3)15-12(17)13(18)16-10-6-5-8(2)11(14)7-10/h5-7,9H,4H2,1-3H3,(H,15,17)(H,16,18)/t9-/m0/s1. The van der Waals surface area contributed by atoms with Gasteiger partial charge in [-0.05, 0) is 38.0 Å². The summed E-state index contributed by atoms with van der Waals surface area (Å²) in [5, 5.41) is 5.65. The van der Waals surface area contributed by atoms with E-state index in [2.05, 4.69) is 10.6 Å². The monoisotopic (exact) mass is 268 g/mol. The summed E-state index contributed by atoms with van der Waals surface area (Å²) >= 11 is 5.93. The third-order valence-electron chi connectivity index (χ3n) is 2.63. The minimum atomic E-state index is -0.685. The van der Waals surface area contributed by atoms with Gasteiger partial charge in [-0.3, -0.25) is 9.59 Å². The van der Waals surface area contributed by atoms with Crippen molar-refractivity contribution in [2.24, 2.45) is 0 Å². The highest BCUT2D eigenvalue weighted by molar-refractivity contribution is 6.40. The molecule has 0 aliphatic rings. The first kappa shape index (κ1) is 14.5. The fourth-order valence-corrected chi connectivity index (χ4v) is 1.43. The number of hydrogen-bond donors (Lipinski definition) is 2. The van der Waals surface area contributed by atoms with Crippen LogP contribution in [0.25, 0.3) is 0 Å². The van der Waals surface area contributed by atoms with Gasteiger partial charge in [0.15, 0.2) is 0 Å². The largest absolute Gasteiger partial charge is 0.345 e. The van der Waals surface area contributed by atoms with Crippen LogP contribution in [0.15, 0.2) is 18.2 Å². The van der Waals surface area contributed by atoms with E-state index in [0.29, 0.717) is 10.7 Å². The molecule has 18 heavy (non-hydrogen) atoms. The predicted octanol–water partition coefficient (Wildman–Crippen LogP) is 2.50. The highest BCUT2D eigenvalue weighted by atomic mass is 35.5. The van der Waals surface area contributed by atoms with Crippen molar-refractivity contribution in [2.75, 3.05) is 5.32 Å². The molecule has 0 radical (unpaired) electrons. The predicted molar refractivity (Wildman–Crippen MR) is 72.7 cm³/mol. The Labute approximate surface area is 112 Å². The average molecular weight is 269 g/mol. The van der Waals surface area contributed by atoms with Crippen LogP contribution in [-0.4, -0.2) is 17.9 Å². The fraction of sp³-hybridized carbons (Fsp3) is 0.385. The van der Waals surface area contributed by atoms with E-state index in [9.17, 15) is 9.59 Å². The molecule has 0 spiro atoms. The molecule has 0 saturated carbocycles. The van der Waals surface area contributed by atoms with Crippen molar-refractivity contribution in [3.05, 3.63) is 28.8 Å². The van der Waals surface area contributed by atoms with E-state index >= 15 is 0 Å². The lowest BCUT2D eigenvalue weighted by molar-refractivity contribution is -0.136. The van der Waals surface area contributed by atoms with E-state index in [4.69, 9.17) is 11.6 Å². The van der Waals surface area contributed by atoms with Crippen molar-refractivity contribution in [1.29, 1.82) is 0 Å². The van der Waals surface area contributed by atoms with Crippen molar-refractivity contribution >= 4 is 29.1 Å². The third-order valence-corrected chi connectivity index (χ3v) is 3.03. The Kier molecular flexibility index (Phi) is 5.16. The van der Waals surface area contributed by atoms with Crippen molar-refractivity contribution in [1.82, 2.24) is 5.32 Å². The van der Waals surface area contributed by atoms with Gasteiger partial charge in [0.25, 0.3) is 0 Å². The number of anilines is 1. The number of halogens is 1. The van der Waals surface area contributed by atoms with Gasteiger partial charge in [-0.2, -0.15) is 0 Å². The SMILES string of the molecule is CC[C@H](C)NC(=O)C(=O)Nc1ccc(C)c(Cl)c1. The molecule has 0 aliphatic heterocycles. The number of amides is 2. The number of hydrogen-bond acceptors (Lipinski definition) is 2. The summed E-state index contributed by atoms with van der Waals surface area (Å²) in [6.45, 7) is 5.64. The number of aryl methyl sites for hydroxylation is 1. The molecule has 98 valence electrons. The van der Waals surface area contributed by atoms with Crippen LogP contribution in [0, 0.1) is 6.92 Å². The van der Waals surface area contributed by atoms with Crippen LogP contribution >= 0.6 is 11.6 Å². The lowest BCUT2D eigenvalue weighted by Crippen LogP contribution is -2.40. The molecule has 0 saturated heterocycles. The minimum Gasteiger partial charge on any atom is -0.345 e. The number of benzene rings is 1. The number of carbonyl (C=O) groups is 2. The Hall–Kier alpha value is -1.55. The van der Waals surface area contributed by atoms with E-state index in [1.807, 2.05) is 20.8 Å². The molecule has 1 rings (SSSR count). The zero-order chi connectivity index (χ0) is 13.7. The topological polar surface area (TPSA) is 58.2 Å². The molecular formula is C13H17ClN2O2. The van der Waals surface area contributed by atoms with Gasteiger partial charge in [-0.25, -0.2) is 0 Å². The van der Waals surface area contributed by atoms with E-state index in [1.54, 1.807) is 18.2 Å². The maximum absolute atomic E-state index is 11.6. The van der Waals surface area contributed by atoms with Crippen molar-refractivity contribution in [2.45, 2.75) is 33.2 Å². The minimum absolute atomic E-state index is 0.0233. The number of rotatable bonds is 3. The van der Waals surface area contributed by atoms with Crippen LogP contribution in [0.1, 0.15) is 25.8 Å². The fourth-order valence-electron chi connectivity index (χ4n) is 1.25. The van der Waals surface area contributed by atoms with Gasteiger partial charge in [0.1, 0.15) is 0 Å². The van der Waals surface area contributed by atoms with Crippen LogP contribution in [0.5, 0.6) is 0 Å². The summed E-state index contributed by atoms with van der Waals surface area (Å²) in [5.41, 5.74) is 1.42. The normalized spacial score (nSPS) is 11.8. The van der Waals surface area contributed by atoms with E-state index in [-0.39, 0.29) is 6.04 Å². The van der Waals surface area contributed by atoms with E-state index in [1.165, 1.54) is 0 Å². The molecule has 1 aromatic carbocycles. The summed E-state index contributed by atoms with van der Waals surface area (Å²) in [4.78, 5) is 23.1. The molecule has 0 heterocycles. The van der Waals surface area contributed by atoms with Gasteiger partial charge in [0.05, 0.1) is 0 Å². The second kappa shape index (κ2) is 6.40. The summed E-state index contributed by atoms with van der Waals surface area (Å²) in [5.74, 6) is -1.32. The van der Waals surface area contributed by atoms with E-state index in [0.717, 1.165) is 12.0 Å². The molecule has 5 heteroatoms. The van der Waals surface area contributed by atoms with Crippen molar-refractivity contribution in [3.8, 4) is 0 Å². The highest BCUT2D eigenvalue weighted by Crippen LogP contribution is 2.19. The highest BCUT2D eigenvalue weighted by Gasteiger charge is 2.15. The summed E-state index contributed by atoms with van der Waals surface area (Å²) < 4.78 is 0. The molecule has 0 aromatic heterocycles. The van der Waals surface area contributed by atoms with Crippen molar-refractivity contribution in [3.63, 3.8) is 0 Å². The molecular weight excluding hydrogens is 252 g/mol. The third kappa shape index (κ3) is 4.04. The van der Waals surface area contributed by atoms with Crippen LogP contribution in [0.2, 0.25) is 5.02 Å². The van der Waals surface area contributed by atoms with Crippen LogP contribution in [-0.2, 0) is 9.59 Å². The van der Waals surface area contributed by atoms with Crippen LogP contribution in [0.4, 0.5) is 5.69 Å². The average Bonchev–Trinajstić information content (AvgIpc) is 2.33. The summed E-state index contributed by atoms with van der Waals surface area (Å²) in [7, 11) is 0. The maximum atomic E-state index is 11.6. The van der Waals surface area contributed by atoms with Gasteiger partial charge in [-0.1, -0.05) is 24.6 Å². The molecule has 0 bridgehead atoms. The first-order valence-electron chi connectivity index (χ1n) is 5.82. The first-order valence-corrected chi connectivity index (χ1v) is 6.19. The summed E-state index contributed by atoms with van der Waals surface area (Å²) in [6.07, 6.45) is 0.773. The second-order valence-corrected chi connectivity index (χ2v) is 4.61. The van der Waals surface area contributed by atoms with Gasteiger partial charge in [0, 0.05) is 16.8 Å². The first-order chi connectivity index (χ1) is 8.43. The number of nitrogens with one attached hydrogen (secondary N) is 2. The molecule has 0 unspecified atom stereocenters. The Morgan fingerprint density at radius 2 is 2.00 bits per heavy atom. The zero-order valence-corrected chi connectivity index (χ0v) is 11.5. The Balaban J connectivity index is 2.64. The Morgan fingerprint density at radius 1 is 1.33 bits per heavy atom. The van der Waals surface area contributed by atoms with Crippen molar-refractivity contribution < 1.29 is 9.59 Å². The van der Waals surface area contributed by atoms with Crippen LogP contribution < -0.4 is 10.6 Å². The van der Waals surface area contributed by atoms with Gasteiger partial charge in [-0.15, -0.1) is 0 Å². The van der Waals surface area contributed by atoms with Gasteiger partial charge < -0.3 is 10.6 Å². The van der Waals surface area contributed by atoms with Gasteiger partial charge in [0.2, 0.25) is 0 Å². The molecule has 0 fully saturated rings. The molecule has 1 atom stereocenters. The zero-order valence-electron chi connectivity index (χ0n) is 10.7. The quantitative estimate of drug-likeness (QED) is 0.828. The lowest BCUT2D eigenvalue weighted by Gasteiger charge is -2.11. The Morgan fingerprint density at radius 3 is 2.56 bits per heavy atom. The maximum Gasteiger partial charge on any atom is 0.313 e. The number of carbonyl (C=O) groups excluding carboxylic acids is 2. The summed E-state index contributed by atoms with van der Waals surface area (Å²) in [6, 6.07) is 5.08.